The van der Waals surface area contributed by atoms with E-state index in [2.05, 4.69) is 57.8 Å². The smallest absolute Gasteiger partial charge is 0.373 e. The van der Waals surface area contributed by atoms with Gasteiger partial charge < -0.3 is 14.5 Å². The zero-order chi connectivity index (χ0) is 14.7. The summed E-state index contributed by atoms with van der Waals surface area (Å²) in [6.45, 7) is 0.454. The summed E-state index contributed by atoms with van der Waals surface area (Å²) in [4.78, 5) is 11.3. The first kappa shape index (κ1) is 15.6. The van der Waals surface area contributed by atoms with Crippen molar-refractivity contribution in [2.24, 2.45) is 0 Å². The highest BCUT2D eigenvalue weighted by molar-refractivity contribution is 9.11. The van der Waals surface area contributed by atoms with Gasteiger partial charge in [-0.2, -0.15) is 0 Å². The molecule has 0 aliphatic heterocycles. The second-order valence-electron chi connectivity index (χ2n) is 3.86. The standard InChI is InChI=1S/C13H10Br3NO3/c1-19-13(18)11-3-2-8(20-11)6-17-12-9(15)4-7(14)5-10(12)16/h2-5,17H,6H2,1H3. The molecule has 1 heterocycles. The van der Waals surface area contributed by atoms with Crippen LogP contribution in [0.1, 0.15) is 16.3 Å². The molecule has 0 fully saturated rings. The molecule has 0 bridgehead atoms. The quantitative estimate of drug-likeness (QED) is 0.645. The van der Waals surface area contributed by atoms with Crippen LogP contribution in [-0.4, -0.2) is 13.1 Å². The fourth-order valence-electron chi connectivity index (χ4n) is 1.57. The summed E-state index contributed by atoms with van der Waals surface area (Å²) in [5.74, 6) is 0.354. The Morgan fingerprint density at radius 3 is 2.50 bits per heavy atom. The highest BCUT2D eigenvalue weighted by Crippen LogP contribution is 2.34. The minimum absolute atomic E-state index is 0.193. The lowest BCUT2D eigenvalue weighted by atomic mass is 10.3. The van der Waals surface area contributed by atoms with Crippen LogP contribution in [0.4, 0.5) is 5.69 Å². The zero-order valence-corrected chi connectivity index (χ0v) is 15.1. The van der Waals surface area contributed by atoms with Crippen LogP contribution >= 0.6 is 47.8 Å². The van der Waals surface area contributed by atoms with Gasteiger partial charge in [0.2, 0.25) is 5.76 Å². The number of esters is 1. The number of hydrogen-bond acceptors (Lipinski definition) is 4. The van der Waals surface area contributed by atoms with E-state index in [1.807, 2.05) is 12.1 Å². The molecule has 0 aliphatic rings. The van der Waals surface area contributed by atoms with E-state index in [0.717, 1.165) is 19.1 Å². The number of halogens is 3. The number of methoxy groups -OCH3 is 1. The third-order valence-corrected chi connectivity index (χ3v) is 4.20. The molecule has 7 heteroatoms. The van der Waals surface area contributed by atoms with Gasteiger partial charge in [0.05, 0.1) is 19.3 Å². The predicted molar refractivity (Wildman–Crippen MR) is 86.9 cm³/mol. The molecule has 0 saturated heterocycles. The van der Waals surface area contributed by atoms with Gasteiger partial charge in [0.15, 0.2) is 0 Å². The van der Waals surface area contributed by atoms with Crippen molar-refractivity contribution in [3.63, 3.8) is 0 Å². The Morgan fingerprint density at radius 2 is 1.90 bits per heavy atom. The number of benzene rings is 1. The molecule has 0 radical (unpaired) electrons. The third kappa shape index (κ3) is 3.65. The monoisotopic (exact) mass is 465 g/mol. The van der Waals surface area contributed by atoms with Crippen LogP contribution in [0.15, 0.2) is 42.1 Å². The van der Waals surface area contributed by atoms with E-state index in [1.54, 1.807) is 12.1 Å². The van der Waals surface area contributed by atoms with Crippen LogP contribution < -0.4 is 5.32 Å². The summed E-state index contributed by atoms with van der Waals surface area (Å²) in [6, 6.07) is 7.21. The number of anilines is 1. The van der Waals surface area contributed by atoms with Crippen LogP contribution in [-0.2, 0) is 11.3 Å². The minimum Gasteiger partial charge on any atom is -0.463 e. The van der Waals surface area contributed by atoms with E-state index >= 15 is 0 Å². The van der Waals surface area contributed by atoms with Gasteiger partial charge in [-0.15, -0.1) is 0 Å². The first-order chi connectivity index (χ1) is 9.51. The Labute approximate surface area is 141 Å². The lowest BCUT2D eigenvalue weighted by Crippen LogP contribution is -2.01. The number of hydrogen-bond donors (Lipinski definition) is 1. The maximum absolute atomic E-state index is 11.3. The van der Waals surface area contributed by atoms with Crippen molar-refractivity contribution in [1.82, 2.24) is 0 Å². The van der Waals surface area contributed by atoms with Crippen LogP contribution in [0.5, 0.6) is 0 Å². The van der Waals surface area contributed by atoms with E-state index in [0.29, 0.717) is 12.3 Å². The largest absolute Gasteiger partial charge is 0.463 e. The second kappa shape index (κ2) is 6.78. The molecule has 1 N–H and O–H groups in total. The number of nitrogens with one attached hydrogen (secondary N) is 1. The van der Waals surface area contributed by atoms with Gasteiger partial charge in [-0.3, -0.25) is 0 Å². The van der Waals surface area contributed by atoms with Gasteiger partial charge >= 0.3 is 5.97 Å². The maximum atomic E-state index is 11.3. The average Bonchev–Trinajstić information content (AvgIpc) is 2.85. The van der Waals surface area contributed by atoms with E-state index in [1.165, 1.54) is 7.11 Å². The molecule has 0 atom stereocenters. The first-order valence-electron chi connectivity index (χ1n) is 5.56. The molecule has 4 nitrogen and oxygen atoms in total. The molecular formula is C13H10Br3NO3. The van der Waals surface area contributed by atoms with E-state index in [-0.39, 0.29) is 5.76 Å². The Balaban J connectivity index is 2.09. The number of ether oxygens (including phenoxy) is 1. The van der Waals surface area contributed by atoms with Crippen LogP contribution in [0.2, 0.25) is 0 Å². The van der Waals surface area contributed by atoms with Crippen molar-refractivity contribution < 1.29 is 13.9 Å². The predicted octanol–water partition coefficient (Wildman–Crippen LogP) is 4.97. The molecule has 1 aromatic heterocycles. The third-order valence-electron chi connectivity index (χ3n) is 2.49. The maximum Gasteiger partial charge on any atom is 0.373 e. The molecule has 0 saturated carbocycles. The molecule has 0 amide bonds. The van der Waals surface area contributed by atoms with Gasteiger partial charge in [-0.05, 0) is 56.1 Å². The minimum atomic E-state index is -0.484. The van der Waals surface area contributed by atoms with E-state index in [9.17, 15) is 4.79 Å². The molecule has 20 heavy (non-hydrogen) atoms. The Kier molecular flexibility index (Phi) is 5.29. The van der Waals surface area contributed by atoms with E-state index in [4.69, 9.17) is 4.42 Å². The van der Waals surface area contributed by atoms with Gasteiger partial charge in [0, 0.05) is 13.4 Å². The van der Waals surface area contributed by atoms with Crippen LogP contribution in [0, 0.1) is 0 Å². The van der Waals surface area contributed by atoms with Gasteiger partial charge in [-0.25, -0.2) is 4.79 Å². The van der Waals surface area contributed by atoms with Crippen molar-refractivity contribution in [3.05, 3.63) is 49.2 Å². The number of carbonyl (C=O) groups is 1. The number of furan rings is 1. The molecule has 106 valence electrons. The topological polar surface area (TPSA) is 51.5 Å². The lowest BCUT2D eigenvalue weighted by Gasteiger charge is -2.10. The Morgan fingerprint density at radius 1 is 1.25 bits per heavy atom. The molecule has 0 unspecified atom stereocenters. The fourth-order valence-corrected chi connectivity index (χ4v) is 4.11. The number of carbonyl (C=O) groups excluding carboxylic acids is 1. The van der Waals surface area contributed by atoms with E-state index < -0.39 is 5.97 Å². The summed E-state index contributed by atoms with van der Waals surface area (Å²) in [5.41, 5.74) is 0.907. The molecule has 2 aromatic rings. The molecule has 1 aromatic carbocycles. The zero-order valence-electron chi connectivity index (χ0n) is 10.4. The Hall–Kier alpha value is -0.790. The summed E-state index contributed by atoms with van der Waals surface area (Å²) in [6.07, 6.45) is 0. The van der Waals surface area contributed by atoms with Gasteiger partial charge in [-0.1, -0.05) is 15.9 Å². The van der Waals surface area contributed by atoms with Crippen molar-refractivity contribution in [1.29, 1.82) is 0 Å². The molecule has 0 aliphatic carbocycles. The molecule has 2 rings (SSSR count). The van der Waals surface area contributed by atoms with Crippen molar-refractivity contribution in [2.75, 3.05) is 12.4 Å². The summed E-state index contributed by atoms with van der Waals surface area (Å²) >= 11 is 10.4. The summed E-state index contributed by atoms with van der Waals surface area (Å²) < 4.78 is 12.8. The average molecular weight is 468 g/mol. The summed E-state index contributed by atoms with van der Waals surface area (Å²) in [7, 11) is 1.32. The molecular weight excluding hydrogens is 458 g/mol. The van der Waals surface area contributed by atoms with Crippen LogP contribution in [0.25, 0.3) is 0 Å². The van der Waals surface area contributed by atoms with Crippen molar-refractivity contribution in [2.45, 2.75) is 6.54 Å². The Bertz CT molecular complexity index is 617. The highest BCUT2D eigenvalue weighted by Gasteiger charge is 2.12. The van der Waals surface area contributed by atoms with Gasteiger partial charge in [0.1, 0.15) is 5.76 Å². The second-order valence-corrected chi connectivity index (χ2v) is 6.48. The van der Waals surface area contributed by atoms with Gasteiger partial charge in [0.25, 0.3) is 0 Å². The SMILES string of the molecule is COC(=O)c1ccc(CNc2c(Br)cc(Br)cc2Br)o1. The first-order valence-corrected chi connectivity index (χ1v) is 7.94. The fraction of sp³-hybridized carbons (Fsp3) is 0.154. The lowest BCUT2D eigenvalue weighted by molar-refractivity contribution is 0.0563. The van der Waals surface area contributed by atoms with Crippen molar-refractivity contribution >= 4 is 59.4 Å². The number of rotatable bonds is 4. The van der Waals surface area contributed by atoms with Crippen molar-refractivity contribution in [3.8, 4) is 0 Å². The normalized spacial score (nSPS) is 10.4. The summed E-state index contributed by atoms with van der Waals surface area (Å²) in [5, 5.41) is 3.23. The molecule has 0 spiro atoms. The highest BCUT2D eigenvalue weighted by atomic mass is 79.9. The van der Waals surface area contributed by atoms with Crippen LogP contribution in [0.3, 0.4) is 0 Å².